The van der Waals surface area contributed by atoms with Crippen molar-refractivity contribution < 1.29 is 4.57 Å². The molecule has 4 heteroatoms. The van der Waals surface area contributed by atoms with Gasteiger partial charge in [0.1, 0.15) is 5.69 Å². The number of hydrogen-bond acceptors (Lipinski definition) is 2. The summed E-state index contributed by atoms with van der Waals surface area (Å²) in [5, 5.41) is 1.10. The first-order valence-corrected chi connectivity index (χ1v) is 11.5. The highest BCUT2D eigenvalue weighted by Gasteiger charge is 2.29. The third kappa shape index (κ3) is 3.17. The van der Waals surface area contributed by atoms with Gasteiger partial charge in [-0.05, 0) is 60.7 Å². The molecule has 0 radical (unpaired) electrons. The molecule has 2 aromatic heterocycles. The highest BCUT2D eigenvalue weighted by atomic mass is 32.1. The molecule has 2 heterocycles. The lowest BCUT2D eigenvalue weighted by Gasteiger charge is -2.18. The van der Waals surface area contributed by atoms with Crippen LogP contribution < -0.4 is 4.57 Å². The van der Waals surface area contributed by atoms with E-state index in [2.05, 4.69) is 111 Å². The number of imidazole rings is 1. The summed E-state index contributed by atoms with van der Waals surface area (Å²) in [7, 11) is 2.16. The fraction of sp³-hybridized carbons (Fsp3) is 0.259. The van der Waals surface area contributed by atoms with Crippen LogP contribution in [0.5, 0.6) is 0 Å². The molecule has 3 aromatic carbocycles. The third-order valence-corrected chi connectivity index (χ3v) is 7.04. The van der Waals surface area contributed by atoms with Gasteiger partial charge in [0.25, 0.3) is 5.82 Å². The molecule has 0 atom stereocenters. The maximum absolute atomic E-state index is 4.93. The van der Waals surface area contributed by atoms with E-state index in [4.69, 9.17) is 4.98 Å². The first-order valence-electron chi connectivity index (χ1n) is 10.7. The number of para-hydroxylation sites is 2. The maximum atomic E-state index is 4.93. The van der Waals surface area contributed by atoms with Gasteiger partial charge in [0.05, 0.1) is 27.8 Å². The summed E-state index contributed by atoms with van der Waals surface area (Å²) in [6.07, 6.45) is 0. The van der Waals surface area contributed by atoms with Crippen molar-refractivity contribution in [1.82, 2.24) is 9.55 Å². The lowest BCUT2D eigenvalue weighted by molar-refractivity contribution is -0.633. The Kier molecular flexibility index (Phi) is 4.52. The van der Waals surface area contributed by atoms with E-state index in [0.717, 1.165) is 16.3 Å². The molecule has 0 spiro atoms. The number of thiazole rings is 1. The van der Waals surface area contributed by atoms with Gasteiger partial charge in [0, 0.05) is 0 Å². The largest absolute Gasteiger partial charge is 0.297 e. The van der Waals surface area contributed by atoms with E-state index in [-0.39, 0.29) is 5.41 Å². The zero-order valence-corrected chi connectivity index (χ0v) is 19.8. The second kappa shape index (κ2) is 7.03. The van der Waals surface area contributed by atoms with Crippen LogP contribution in [0.2, 0.25) is 0 Å². The van der Waals surface area contributed by atoms with Crippen molar-refractivity contribution >= 4 is 32.6 Å². The Bertz CT molecular complexity index is 1430. The van der Waals surface area contributed by atoms with Gasteiger partial charge in [0.2, 0.25) is 0 Å². The van der Waals surface area contributed by atoms with E-state index >= 15 is 0 Å². The minimum absolute atomic E-state index is 0.130. The molecular weight excluding hydrogens is 398 g/mol. The molecule has 31 heavy (non-hydrogen) atoms. The highest BCUT2D eigenvalue weighted by molar-refractivity contribution is 7.18. The SMILES string of the molecule is Cc1nc2c(-c3n(-c4ccc(C(C)(C)C)cc4)c4ccccc4[n+]3C)c(C)ccc2s1. The third-order valence-electron chi connectivity index (χ3n) is 6.10. The molecule has 0 aliphatic carbocycles. The van der Waals surface area contributed by atoms with Crippen LogP contribution in [0.1, 0.15) is 36.9 Å². The fourth-order valence-corrected chi connectivity index (χ4v) is 5.29. The number of benzene rings is 3. The molecule has 0 bridgehead atoms. The van der Waals surface area contributed by atoms with Crippen molar-refractivity contribution in [3.05, 3.63) is 76.8 Å². The predicted molar refractivity (Wildman–Crippen MR) is 131 cm³/mol. The summed E-state index contributed by atoms with van der Waals surface area (Å²) >= 11 is 1.76. The molecule has 5 rings (SSSR count). The molecule has 0 saturated heterocycles. The molecule has 156 valence electrons. The van der Waals surface area contributed by atoms with Crippen molar-refractivity contribution in [1.29, 1.82) is 0 Å². The Morgan fingerprint density at radius 3 is 2.32 bits per heavy atom. The quantitative estimate of drug-likeness (QED) is 0.290. The first kappa shape index (κ1) is 20.0. The fourth-order valence-electron chi connectivity index (χ4n) is 4.45. The van der Waals surface area contributed by atoms with Gasteiger partial charge in [-0.15, -0.1) is 11.3 Å². The number of nitrogens with zero attached hydrogens (tertiary/aromatic N) is 3. The summed E-state index contributed by atoms with van der Waals surface area (Å²) in [6, 6.07) is 22.1. The second-order valence-corrected chi connectivity index (χ2v) is 10.6. The number of fused-ring (bicyclic) bond motifs is 2. The van der Waals surface area contributed by atoms with Crippen molar-refractivity contribution in [3.63, 3.8) is 0 Å². The zero-order chi connectivity index (χ0) is 21.9. The summed E-state index contributed by atoms with van der Waals surface area (Å²) in [4.78, 5) is 4.93. The lowest BCUT2D eigenvalue weighted by atomic mass is 9.87. The molecule has 0 saturated carbocycles. The van der Waals surface area contributed by atoms with E-state index in [9.17, 15) is 0 Å². The number of aromatic nitrogens is 3. The average Bonchev–Trinajstić information content (AvgIpc) is 3.25. The topological polar surface area (TPSA) is 21.7 Å². The van der Waals surface area contributed by atoms with Crippen LogP contribution in [-0.2, 0) is 12.5 Å². The van der Waals surface area contributed by atoms with Crippen LogP contribution in [0.25, 0.3) is 38.3 Å². The molecule has 0 aliphatic heterocycles. The number of hydrogen-bond donors (Lipinski definition) is 0. The van der Waals surface area contributed by atoms with E-state index in [0.29, 0.717) is 0 Å². The Morgan fingerprint density at radius 1 is 0.903 bits per heavy atom. The van der Waals surface area contributed by atoms with Crippen LogP contribution in [0.15, 0.2) is 60.7 Å². The van der Waals surface area contributed by atoms with Crippen molar-refractivity contribution in [2.45, 2.75) is 40.0 Å². The molecule has 0 fully saturated rings. The molecule has 5 aromatic rings. The normalized spacial score (nSPS) is 12.2. The molecular formula is C27H28N3S+. The van der Waals surface area contributed by atoms with Gasteiger partial charge >= 0.3 is 0 Å². The number of aryl methyl sites for hydroxylation is 3. The highest BCUT2D eigenvalue weighted by Crippen LogP contribution is 2.36. The molecule has 0 amide bonds. The minimum atomic E-state index is 0.130. The first-order chi connectivity index (χ1) is 14.8. The molecule has 3 nitrogen and oxygen atoms in total. The average molecular weight is 427 g/mol. The van der Waals surface area contributed by atoms with E-state index in [1.807, 2.05) is 0 Å². The van der Waals surface area contributed by atoms with Crippen LogP contribution in [0, 0.1) is 13.8 Å². The van der Waals surface area contributed by atoms with E-state index in [1.54, 1.807) is 11.3 Å². The van der Waals surface area contributed by atoms with Gasteiger partial charge in [0.15, 0.2) is 11.0 Å². The van der Waals surface area contributed by atoms with Crippen LogP contribution in [-0.4, -0.2) is 9.55 Å². The van der Waals surface area contributed by atoms with Crippen molar-refractivity contribution in [3.8, 4) is 17.1 Å². The monoisotopic (exact) mass is 426 g/mol. The van der Waals surface area contributed by atoms with Crippen molar-refractivity contribution in [2.75, 3.05) is 0 Å². The summed E-state index contributed by atoms with van der Waals surface area (Å²) in [6.45, 7) is 11.0. The number of rotatable bonds is 2. The second-order valence-electron chi connectivity index (χ2n) is 9.34. The maximum Gasteiger partial charge on any atom is 0.297 e. The lowest BCUT2D eigenvalue weighted by Crippen LogP contribution is -2.30. The molecule has 0 aliphatic rings. The Morgan fingerprint density at radius 2 is 1.61 bits per heavy atom. The van der Waals surface area contributed by atoms with E-state index < -0.39 is 0 Å². The zero-order valence-electron chi connectivity index (χ0n) is 19.0. The van der Waals surface area contributed by atoms with Crippen molar-refractivity contribution in [2.24, 2.45) is 7.05 Å². The minimum Gasteiger partial charge on any atom is -0.241 e. The van der Waals surface area contributed by atoms with Crippen LogP contribution >= 0.6 is 11.3 Å². The van der Waals surface area contributed by atoms with E-state index in [1.165, 1.54) is 38.1 Å². The molecule has 0 unspecified atom stereocenters. The van der Waals surface area contributed by atoms with Crippen LogP contribution in [0.4, 0.5) is 0 Å². The summed E-state index contributed by atoms with van der Waals surface area (Å²) in [5.74, 6) is 1.16. The van der Waals surface area contributed by atoms with Gasteiger partial charge < -0.3 is 0 Å². The standard InChI is InChI=1S/C27H28N3S/c1-17-11-16-23-25(28-18(2)31-23)24(17)26-29(6)21-9-7-8-10-22(21)30(26)20-14-12-19(13-15-20)27(3,4)5/h7-16H,1-6H3/q+1. The predicted octanol–water partition coefficient (Wildman–Crippen LogP) is 6.65. The van der Waals surface area contributed by atoms with Gasteiger partial charge in [-0.25, -0.2) is 9.55 Å². The molecule has 0 N–H and O–H groups in total. The summed E-state index contributed by atoms with van der Waals surface area (Å²) in [5.41, 5.74) is 8.59. The van der Waals surface area contributed by atoms with Gasteiger partial charge in [-0.1, -0.05) is 51.1 Å². The summed E-state index contributed by atoms with van der Waals surface area (Å²) < 4.78 is 5.93. The van der Waals surface area contributed by atoms with Gasteiger partial charge in [-0.3, -0.25) is 0 Å². The van der Waals surface area contributed by atoms with Gasteiger partial charge in [-0.2, -0.15) is 4.57 Å². The Labute approximate surface area is 187 Å². The Balaban J connectivity index is 1.87. The Hall–Kier alpha value is -2.98. The smallest absolute Gasteiger partial charge is 0.241 e. The van der Waals surface area contributed by atoms with Crippen LogP contribution in [0.3, 0.4) is 0 Å².